The molecule has 0 spiro atoms. The molecule has 0 amide bonds. The van der Waals surface area contributed by atoms with Gasteiger partial charge in [-0.05, 0) is 56.0 Å². The summed E-state index contributed by atoms with van der Waals surface area (Å²) in [5.74, 6) is 0. The molecule has 3 heteroatoms. The summed E-state index contributed by atoms with van der Waals surface area (Å²) in [5, 5.41) is 1.19. The summed E-state index contributed by atoms with van der Waals surface area (Å²) in [5.41, 5.74) is 10.9. The lowest BCUT2D eigenvalue weighted by atomic mass is 10.0. The van der Waals surface area contributed by atoms with Gasteiger partial charge in [-0.1, -0.05) is 12.1 Å². The summed E-state index contributed by atoms with van der Waals surface area (Å²) in [4.78, 5) is 5.75. The predicted octanol–water partition coefficient (Wildman–Crippen LogP) is 3.63. The van der Waals surface area contributed by atoms with Crippen molar-refractivity contribution in [2.75, 3.05) is 6.54 Å². The van der Waals surface area contributed by atoms with Crippen LogP contribution in [0.5, 0.6) is 0 Å². The van der Waals surface area contributed by atoms with Gasteiger partial charge in [-0.2, -0.15) is 0 Å². The van der Waals surface area contributed by atoms with Crippen LogP contribution in [0.1, 0.15) is 28.1 Å². The normalized spacial score (nSPS) is 10.9. The van der Waals surface area contributed by atoms with Crippen LogP contribution in [0.2, 0.25) is 0 Å². The fourth-order valence-electron chi connectivity index (χ4n) is 2.03. The fourth-order valence-corrected chi connectivity index (χ4v) is 3.07. The minimum atomic E-state index is 0.734. The minimum absolute atomic E-state index is 0.734. The highest BCUT2D eigenvalue weighted by Gasteiger charge is 2.08. The Morgan fingerprint density at radius 2 is 1.83 bits per heavy atom. The standard InChI is InChI=1S/C15H20N2S/c1-10-7-12(3)13(8-11(10)2)14-9-17-15(18-14)5-4-6-16/h7-9H,4-6,16H2,1-3H3. The van der Waals surface area contributed by atoms with Crippen LogP contribution >= 0.6 is 11.3 Å². The van der Waals surface area contributed by atoms with Crippen LogP contribution in [0, 0.1) is 20.8 Å². The van der Waals surface area contributed by atoms with E-state index in [0.717, 1.165) is 19.4 Å². The van der Waals surface area contributed by atoms with E-state index in [2.05, 4.69) is 37.9 Å². The Morgan fingerprint density at radius 1 is 1.11 bits per heavy atom. The van der Waals surface area contributed by atoms with Crippen molar-refractivity contribution in [1.82, 2.24) is 4.98 Å². The van der Waals surface area contributed by atoms with Gasteiger partial charge in [-0.15, -0.1) is 11.3 Å². The maximum Gasteiger partial charge on any atom is 0.0931 e. The van der Waals surface area contributed by atoms with Crippen molar-refractivity contribution in [2.24, 2.45) is 5.73 Å². The number of aryl methyl sites for hydroxylation is 4. The van der Waals surface area contributed by atoms with E-state index in [1.54, 1.807) is 11.3 Å². The molecule has 0 saturated carbocycles. The second kappa shape index (κ2) is 5.63. The number of nitrogens with two attached hydrogens (primary N) is 1. The molecule has 0 aliphatic rings. The van der Waals surface area contributed by atoms with Crippen molar-refractivity contribution in [2.45, 2.75) is 33.6 Å². The molecule has 0 aliphatic heterocycles. The third-order valence-electron chi connectivity index (χ3n) is 3.25. The van der Waals surface area contributed by atoms with Crippen molar-refractivity contribution in [3.05, 3.63) is 40.0 Å². The Labute approximate surface area is 113 Å². The molecule has 0 radical (unpaired) electrons. The van der Waals surface area contributed by atoms with Gasteiger partial charge in [0.25, 0.3) is 0 Å². The summed E-state index contributed by atoms with van der Waals surface area (Å²) < 4.78 is 0. The van der Waals surface area contributed by atoms with Crippen LogP contribution in [0.15, 0.2) is 18.3 Å². The zero-order chi connectivity index (χ0) is 13.1. The number of rotatable bonds is 4. The second-order valence-corrected chi connectivity index (χ2v) is 5.88. The molecule has 2 N–H and O–H groups in total. The van der Waals surface area contributed by atoms with E-state index >= 15 is 0 Å². The topological polar surface area (TPSA) is 38.9 Å². The minimum Gasteiger partial charge on any atom is -0.330 e. The van der Waals surface area contributed by atoms with E-state index in [4.69, 9.17) is 5.73 Å². The monoisotopic (exact) mass is 260 g/mol. The summed E-state index contributed by atoms with van der Waals surface area (Å²) >= 11 is 1.79. The van der Waals surface area contributed by atoms with Crippen molar-refractivity contribution >= 4 is 11.3 Å². The van der Waals surface area contributed by atoms with Crippen LogP contribution in [0.4, 0.5) is 0 Å². The lowest BCUT2D eigenvalue weighted by molar-refractivity contribution is 0.826. The highest BCUT2D eigenvalue weighted by Crippen LogP contribution is 2.31. The number of hydrogen-bond donors (Lipinski definition) is 1. The van der Waals surface area contributed by atoms with Gasteiger partial charge >= 0.3 is 0 Å². The molecule has 2 rings (SSSR count). The molecule has 1 aromatic heterocycles. The van der Waals surface area contributed by atoms with Gasteiger partial charge in [0.1, 0.15) is 0 Å². The summed E-state index contributed by atoms with van der Waals surface area (Å²) in [6.07, 6.45) is 4.00. The molecule has 0 atom stereocenters. The molecule has 1 heterocycles. The first-order valence-corrected chi connectivity index (χ1v) is 7.16. The van der Waals surface area contributed by atoms with Crippen molar-refractivity contribution in [3.8, 4) is 10.4 Å². The molecule has 0 saturated heterocycles. The predicted molar refractivity (Wildman–Crippen MR) is 79.1 cm³/mol. The number of nitrogens with zero attached hydrogens (tertiary/aromatic N) is 1. The van der Waals surface area contributed by atoms with Gasteiger partial charge in [0, 0.05) is 12.6 Å². The van der Waals surface area contributed by atoms with Gasteiger partial charge in [0.05, 0.1) is 9.88 Å². The molecule has 0 fully saturated rings. The summed E-state index contributed by atoms with van der Waals surface area (Å²) in [6.45, 7) is 7.22. The van der Waals surface area contributed by atoms with E-state index < -0.39 is 0 Å². The Hall–Kier alpha value is -1.19. The van der Waals surface area contributed by atoms with E-state index in [1.807, 2.05) is 6.20 Å². The molecule has 0 bridgehead atoms. The molecule has 0 unspecified atom stereocenters. The average molecular weight is 260 g/mol. The lowest BCUT2D eigenvalue weighted by Crippen LogP contribution is -1.99. The van der Waals surface area contributed by atoms with Crippen LogP contribution < -0.4 is 5.73 Å². The quantitative estimate of drug-likeness (QED) is 0.911. The zero-order valence-corrected chi connectivity index (χ0v) is 12.1. The van der Waals surface area contributed by atoms with Crippen molar-refractivity contribution in [3.63, 3.8) is 0 Å². The average Bonchev–Trinajstić information content (AvgIpc) is 2.79. The van der Waals surface area contributed by atoms with Crippen LogP contribution in [0.3, 0.4) is 0 Å². The number of hydrogen-bond acceptors (Lipinski definition) is 3. The SMILES string of the molecule is Cc1cc(C)c(-c2cnc(CCCN)s2)cc1C. The summed E-state index contributed by atoms with van der Waals surface area (Å²) in [7, 11) is 0. The van der Waals surface area contributed by atoms with Gasteiger partial charge in [0.15, 0.2) is 0 Å². The second-order valence-electron chi connectivity index (χ2n) is 4.76. The molecule has 1 aromatic carbocycles. The van der Waals surface area contributed by atoms with Gasteiger partial charge < -0.3 is 5.73 Å². The Kier molecular flexibility index (Phi) is 4.15. The molecule has 18 heavy (non-hydrogen) atoms. The fraction of sp³-hybridized carbons (Fsp3) is 0.400. The maximum absolute atomic E-state index is 5.53. The molecular weight excluding hydrogens is 240 g/mol. The van der Waals surface area contributed by atoms with E-state index in [9.17, 15) is 0 Å². The Balaban J connectivity index is 2.31. The first-order chi connectivity index (χ1) is 8.61. The maximum atomic E-state index is 5.53. The van der Waals surface area contributed by atoms with Gasteiger partial charge in [-0.25, -0.2) is 4.98 Å². The first kappa shape index (κ1) is 13.2. The highest BCUT2D eigenvalue weighted by atomic mass is 32.1. The Bertz CT molecular complexity index is 543. The molecule has 96 valence electrons. The molecule has 2 nitrogen and oxygen atoms in total. The van der Waals surface area contributed by atoms with Crippen molar-refractivity contribution in [1.29, 1.82) is 0 Å². The van der Waals surface area contributed by atoms with Gasteiger partial charge in [-0.3, -0.25) is 0 Å². The summed E-state index contributed by atoms with van der Waals surface area (Å²) in [6, 6.07) is 4.52. The van der Waals surface area contributed by atoms with Gasteiger partial charge in [0.2, 0.25) is 0 Å². The molecular formula is C15H20N2S. The Morgan fingerprint density at radius 3 is 2.56 bits per heavy atom. The van der Waals surface area contributed by atoms with Crippen LogP contribution in [-0.2, 0) is 6.42 Å². The third-order valence-corrected chi connectivity index (χ3v) is 4.34. The van der Waals surface area contributed by atoms with E-state index in [-0.39, 0.29) is 0 Å². The third kappa shape index (κ3) is 2.79. The van der Waals surface area contributed by atoms with Crippen LogP contribution in [-0.4, -0.2) is 11.5 Å². The highest BCUT2D eigenvalue weighted by molar-refractivity contribution is 7.15. The molecule has 2 aromatic rings. The van der Waals surface area contributed by atoms with Crippen LogP contribution in [0.25, 0.3) is 10.4 Å². The zero-order valence-electron chi connectivity index (χ0n) is 11.3. The number of thiazole rings is 1. The smallest absolute Gasteiger partial charge is 0.0931 e. The lowest BCUT2D eigenvalue weighted by Gasteiger charge is -2.07. The first-order valence-electron chi connectivity index (χ1n) is 6.35. The number of benzene rings is 1. The van der Waals surface area contributed by atoms with Crippen molar-refractivity contribution < 1.29 is 0 Å². The number of aromatic nitrogens is 1. The largest absolute Gasteiger partial charge is 0.330 e. The van der Waals surface area contributed by atoms with E-state index in [1.165, 1.54) is 32.1 Å². The molecule has 0 aliphatic carbocycles. The van der Waals surface area contributed by atoms with E-state index in [0.29, 0.717) is 0 Å².